The van der Waals surface area contributed by atoms with Gasteiger partial charge in [-0.2, -0.15) is 0 Å². The highest BCUT2D eigenvalue weighted by Gasteiger charge is 1.94. The molecule has 2 aromatic rings. The van der Waals surface area contributed by atoms with Crippen molar-refractivity contribution in [2.75, 3.05) is 17.6 Å². The Hall–Kier alpha value is -2.03. The van der Waals surface area contributed by atoms with E-state index in [-0.39, 0.29) is 0 Å². The van der Waals surface area contributed by atoms with Crippen molar-refractivity contribution in [2.45, 2.75) is 12.8 Å². The van der Waals surface area contributed by atoms with Gasteiger partial charge in [0.05, 0.1) is 11.9 Å². The number of aryl methyl sites for hydroxylation is 1. The maximum absolute atomic E-state index is 5.52. The van der Waals surface area contributed by atoms with Crippen LogP contribution in [0.1, 0.15) is 12.0 Å². The van der Waals surface area contributed by atoms with Gasteiger partial charge in [0.1, 0.15) is 5.82 Å². The van der Waals surface area contributed by atoms with Gasteiger partial charge in [-0.1, -0.05) is 30.3 Å². The van der Waals surface area contributed by atoms with Gasteiger partial charge in [0.15, 0.2) is 0 Å². The molecule has 1 heterocycles. The molecule has 0 fully saturated rings. The Morgan fingerprint density at radius 2 is 1.88 bits per heavy atom. The second-order valence-corrected chi connectivity index (χ2v) is 3.99. The zero-order valence-electron chi connectivity index (χ0n) is 9.76. The summed E-state index contributed by atoms with van der Waals surface area (Å²) in [4.78, 5) is 4.03. The fourth-order valence-electron chi connectivity index (χ4n) is 1.68. The molecule has 0 atom stereocenters. The van der Waals surface area contributed by atoms with E-state index in [1.165, 1.54) is 5.56 Å². The first-order valence-corrected chi connectivity index (χ1v) is 5.84. The van der Waals surface area contributed by atoms with Crippen LogP contribution in [0.25, 0.3) is 0 Å². The smallest absolute Gasteiger partial charge is 0.123 e. The van der Waals surface area contributed by atoms with Crippen molar-refractivity contribution >= 4 is 11.5 Å². The first-order valence-electron chi connectivity index (χ1n) is 5.84. The third kappa shape index (κ3) is 3.79. The Morgan fingerprint density at radius 1 is 1.06 bits per heavy atom. The molecule has 0 spiro atoms. The Morgan fingerprint density at radius 3 is 2.59 bits per heavy atom. The van der Waals surface area contributed by atoms with Crippen molar-refractivity contribution in [3.8, 4) is 0 Å². The standard InChI is InChI=1S/C14H17N3/c15-14-9-8-13(11-17-14)16-10-4-7-12-5-2-1-3-6-12/h1-3,5-6,8-9,11,16H,4,7,10H2,(H2,15,17). The first kappa shape index (κ1) is 11.5. The van der Waals surface area contributed by atoms with E-state index in [0.717, 1.165) is 25.1 Å². The van der Waals surface area contributed by atoms with Crippen LogP contribution in [0.4, 0.5) is 11.5 Å². The average Bonchev–Trinajstić information content (AvgIpc) is 2.38. The molecule has 1 aromatic heterocycles. The molecule has 17 heavy (non-hydrogen) atoms. The summed E-state index contributed by atoms with van der Waals surface area (Å²) < 4.78 is 0. The monoisotopic (exact) mass is 227 g/mol. The number of nitrogens with one attached hydrogen (secondary N) is 1. The number of pyridine rings is 1. The molecule has 0 bridgehead atoms. The van der Waals surface area contributed by atoms with Crippen LogP contribution in [0.5, 0.6) is 0 Å². The van der Waals surface area contributed by atoms with Crippen LogP contribution in [0.3, 0.4) is 0 Å². The topological polar surface area (TPSA) is 50.9 Å². The van der Waals surface area contributed by atoms with E-state index in [2.05, 4.69) is 34.6 Å². The van der Waals surface area contributed by atoms with Crippen LogP contribution in [0.2, 0.25) is 0 Å². The average molecular weight is 227 g/mol. The largest absolute Gasteiger partial charge is 0.384 e. The molecule has 0 aliphatic heterocycles. The molecule has 0 amide bonds. The van der Waals surface area contributed by atoms with Gasteiger partial charge in [-0.3, -0.25) is 0 Å². The van der Waals surface area contributed by atoms with Gasteiger partial charge in [-0.15, -0.1) is 0 Å². The second-order valence-electron chi connectivity index (χ2n) is 3.99. The molecule has 0 saturated heterocycles. The Kier molecular flexibility index (Phi) is 3.97. The number of nitrogens with zero attached hydrogens (tertiary/aromatic N) is 1. The summed E-state index contributed by atoms with van der Waals surface area (Å²) in [5.74, 6) is 0.555. The molecular weight excluding hydrogens is 210 g/mol. The number of hydrogen-bond donors (Lipinski definition) is 2. The van der Waals surface area contributed by atoms with E-state index in [4.69, 9.17) is 5.73 Å². The van der Waals surface area contributed by atoms with Crippen LogP contribution < -0.4 is 11.1 Å². The highest BCUT2D eigenvalue weighted by atomic mass is 14.9. The summed E-state index contributed by atoms with van der Waals surface area (Å²) in [5, 5.41) is 3.32. The van der Waals surface area contributed by atoms with Gasteiger partial charge >= 0.3 is 0 Å². The van der Waals surface area contributed by atoms with Gasteiger partial charge in [0.2, 0.25) is 0 Å². The lowest BCUT2D eigenvalue weighted by molar-refractivity contribution is 0.862. The van der Waals surface area contributed by atoms with Crippen molar-refractivity contribution in [1.29, 1.82) is 0 Å². The number of nitrogen functional groups attached to an aromatic ring is 1. The maximum atomic E-state index is 5.52. The normalized spacial score (nSPS) is 10.1. The van der Waals surface area contributed by atoms with Crippen LogP contribution in [-0.4, -0.2) is 11.5 Å². The predicted molar refractivity (Wildman–Crippen MR) is 71.9 cm³/mol. The Bertz CT molecular complexity index is 437. The molecular formula is C14H17N3. The van der Waals surface area contributed by atoms with Crippen molar-refractivity contribution < 1.29 is 0 Å². The second kappa shape index (κ2) is 5.89. The summed E-state index contributed by atoms with van der Waals surface area (Å²) in [6, 6.07) is 14.3. The molecule has 3 nitrogen and oxygen atoms in total. The molecule has 3 heteroatoms. The molecule has 0 aliphatic rings. The number of hydrogen-bond acceptors (Lipinski definition) is 3. The fourth-order valence-corrected chi connectivity index (χ4v) is 1.68. The zero-order chi connectivity index (χ0) is 11.9. The van der Waals surface area contributed by atoms with E-state index < -0.39 is 0 Å². The van der Waals surface area contributed by atoms with Crippen LogP contribution >= 0.6 is 0 Å². The van der Waals surface area contributed by atoms with Crippen LogP contribution in [-0.2, 0) is 6.42 Å². The van der Waals surface area contributed by atoms with E-state index in [1.807, 2.05) is 12.1 Å². The van der Waals surface area contributed by atoms with E-state index in [1.54, 1.807) is 12.3 Å². The molecule has 88 valence electrons. The summed E-state index contributed by atoms with van der Waals surface area (Å²) in [5.41, 5.74) is 7.92. The lowest BCUT2D eigenvalue weighted by Crippen LogP contribution is -2.03. The lowest BCUT2D eigenvalue weighted by Gasteiger charge is -2.06. The summed E-state index contributed by atoms with van der Waals surface area (Å²) in [6.45, 7) is 0.945. The minimum atomic E-state index is 0.555. The van der Waals surface area contributed by atoms with Gasteiger partial charge in [0, 0.05) is 6.54 Å². The van der Waals surface area contributed by atoms with Crippen molar-refractivity contribution in [1.82, 2.24) is 4.98 Å². The Labute approximate surface area is 102 Å². The predicted octanol–water partition coefficient (Wildman–Crippen LogP) is 2.71. The van der Waals surface area contributed by atoms with Crippen LogP contribution in [0, 0.1) is 0 Å². The van der Waals surface area contributed by atoms with Crippen molar-refractivity contribution in [2.24, 2.45) is 0 Å². The Balaban J connectivity index is 1.71. The fraction of sp³-hybridized carbons (Fsp3) is 0.214. The van der Waals surface area contributed by atoms with Gasteiger partial charge in [-0.25, -0.2) is 4.98 Å². The summed E-state index contributed by atoms with van der Waals surface area (Å²) in [7, 11) is 0. The number of anilines is 2. The highest BCUT2D eigenvalue weighted by molar-refractivity contribution is 5.45. The van der Waals surface area contributed by atoms with Crippen LogP contribution in [0.15, 0.2) is 48.7 Å². The minimum absolute atomic E-state index is 0.555. The van der Waals surface area contributed by atoms with Gasteiger partial charge in [-0.05, 0) is 30.5 Å². The first-order chi connectivity index (χ1) is 8.34. The summed E-state index contributed by atoms with van der Waals surface area (Å²) in [6.07, 6.45) is 3.96. The zero-order valence-corrected chi connectivity index (χ0v) is 9.76. The lowest BCUT2D eigenvalue weighted by atomic mass is 10.1. The molecule has 1 aromatic carbocycles. The summed E-state index contributed by atoms with van der Waals surface area (Å²) >= 11 is 0. The number of nitrogens with two attached hydrogens (primary N) is 1. The van der Waals surface area contributed by atoms with Crippen molar-refractivity contribution in [3.63, 3.8) is 0 Å². The van der Waals surface area contributed by atoms with E-state index in [0.29, 0.717) is 5.82 Å². The number of aromatic nitrogens is 1. The van der Waals surface area contributed by atoms with E-state index in [9.17, 15) is 0 Å². The molecule has 0 aliphatic carbocycles. The molecule has 0 saturated carbocycles. The minimum Gasteiger partial charge on any atom is -0.384 e. The molecule has 2 rings (SSSR count). The SMILES string of the molecule is Nc1ccc(NCCCc2ccccc2)cn1. The molecule has 0 radical (unpaired) electrons. The molecule has 0 unspecified atom stereocenters. The maximum Gasteiger partial charge on any atom is 0.123 e. The van der Waals surface area contributed by atoms with Gasteiger partial charge < -0.3 is 11.1 Å². The van der Waals surface area contributed by atoms with Crippen molar-refractivity contribution in [3.05, 3.63) is 54.2 Å². The highest BCUT2D eigenvalue weighted by Crippen LogP contribution is 2.07. The van der Waals surface area contributed by atoms with Gasteiger partial charge in [0.25, 0.3) is 0 Å². The quantitative estimate of drug-likeness (QED) is 0.772. The van der Waals surface area contributed by atoms with E-state index >= 15 is 0 Å². The number of benzene rings is 1. The third-order valence-corrected chi connectivity index (χ3v) is 2.60. The molecule has 3 N–H and O–H groups in total. The number of rotatable bonds is 5. The third-order valence-electron chi connectivity index (χ3n) is 2.60.